The maximum Gasteiger partial charge on any atom is 0.250 e. The van der Waals surface area contributed by atoms with Crippen molar-refractivity contribution in [3.63, 3.8) is 0 Å². The molecule has 33 heavy (non-hydrogen) atoms. The summed E-state index contributed by atoms with van der Waals surface area (Å²) in [6.45, 7) is 8.00. The number of anilines is 1. The molecule has 0 bridgehead atoms. The van der Waals surface area contributed by atoms with Crippen LogP contribution in [0.3, 0.4) is 0 Å². The lowest BCUT2D eigenvalue weighted by atomic mass is 10.1. The first kappa shape index (κ1) is 22.1. The monoisotopic (exact) mass is 475 g/mol. The molecule has 1 amide bonds. The lowest BCUT2D eigenvalue weighted by Gasteiger charge is -2.18. The zero-order chi connectivity index (χ0) is 22.9. The highest BCUT2D eigenvalue weighted by Gasteiger charge is 2.34. The maximum atomic E-state index is 13.2. The van der Waals surface area contributed by atoms with E-state index in [1.165, 1.54) is 36.1 Å². The Balaban J connectivity index is 1.40. The molecule has 5 rings (SSSR count). The molecule has 1 atom stereocenters. The summed E-state index contributed by atoms with van der Waals surface area (Å²) < 4.78 is 1.30. The van der Waals surface area contributed by atoms with Crippen LogP contribution >= 0.6 is 23.1 Å². The fourth-order valence-electron chi connectivity index (χ4n) is 4.70. The van der Waals surface area contributed by atoms with Crippen molar-refractivity contribution >= 4 is 50.9 Å². The van der Waals surface area contributed by atoms with E-state index in [1.807, 2.05) is 11.8 Å². The third kappa shape index (κ3) is 3.96. The Morgan fingerprint density at radius 1 is 1.00 bits per heavy atom. The van der Waals surface area contributed by atoms with Crippen molar-refractivity contribution in [1.29, 1.82) is 0 Å². The van der Waals surface area contributed by atoms with Crippen LogP contribution in [-0.4, -0.2) is 29.9 Å². The molecule has 3 heterocycles. The second kappa shape index (κ2) is 9.27. The van der Waals surface area contributed by atoms with Gasteiger partial charge < -0.3 is 10.2 Å². The van der Waals surface area contributed by atoms with Gasteiger partial charge in [-0.05, 0) is 61.9 Å². The highest BCUT2D eigenvalue weighted by atomic mass is 32.2. The average molecular weight is 476 g/mol. The Morgan fingerprint density at radius 3 is 2.55 bits per heavy atom. The van der Waals surface area contributed by atoms with Crippen LogP contribution in [0.15, 0.2) is 70.4 Å². The van der Waals surface area contributed by atoms with E-state index < -0.39 is 0 Å². The molecule has 2 aliphatic rings. The van der Waals surface area contributed by atoms with Gasteiger partial charge in [-0.3, -0.25) is 9.69 Å². The molecule has 6 heteroatoms. The van der Waals surface area contributed by atoms with Gasteiger partial charge in [0.2, 0.25) is 0 Å². The number of fused-ring (bicyclic) bond motifs is 2. The van der Waals surface area contributed by atoms with Gasteiger partial charge in [-0.25, -0.2) is 0 Å². The smallest absolute Gasteiger partial charge is 0.250 e. The first-order chi connectivity index (χ1) is 16.1. The van der Waals surface area contributed by atoms with Crippen molar-refractivity contribution in [2.45, 2.75) is 44.6 Å². The summed E-state index contributed by atoms with van der Waals surface area (Å²) in [7, 11) is 0. The SMILES string of the molecule is CCc1c(C=C2NC(C/C=C3\Sc4ccccc4N3CC)C(=O)N2CC)sc2ccccc12. The minimum atomic E-state index is -0.230. The summed E-state index contributed by atoms with van der Waals surface area (Å²) >= 11 is 3.60. The van der Waals surface area contributed by atoms with Crippen LogP contribution in [0.1, 0.15) is 37.6 Å². The lowest BCUT2D eigenvalue weighted by Crippen LogP contribution is -2.30. The van der Waals surface area contributed by atoms with Gasteiger partial charge in [0, 0.05) is 27.6 Å². The summed E-state index contributed by atoms with van der Waals surface area (Å²) in [6, 6.07) is 16.8. The molecule has 0 aliphatic carbocycles. The highest BCUT2D eigenvalue weighted by Crippen LogP contribution is 2.45. The highest BCUT2D eigenvalue weighted by molar-refractivity contribution is 8.03. The molecule has 1 aromatic heterocycles. The number of carbonyl (C=O) groups is 1. The zero-order valence-electron chi connectivity index (χ0n) is 19.3. The molecule has 1 saturated heterocycles. The van der Waals surface area contributed by atoms with Crippen LogP contribution in [-0.2, 0) is 11.2 Å². The van der Waals surface area contributed by atoms with E-state index in [9.17, 15) is 4.79 Å². The third-order valence-electron chi connectivity index (χ3n) is 6.33. The Bertz CT molecular complexity index is 1260. The topological polar surface area (TPSA) is 35.6 Å². The molecule has 0 radical (unpaired) electrons. The van der Waals surface area contributed by atoms with Gasteiger partial charge in [-0.15, -0.1) is 11.3 Å². The number of hydrogen-bond acceptors (Lipinski definition) is 5. The van der Waals surface area contributed by atoms with Crippen LogP contribution < -0.4 is 10.2 Å². The standard InChI is InChI=1S/C27H29N3OS2/c1-4-18-19-11-7-9-13-22(19)32-24(18)17-25-28-20(27(31)30(25)6-3)15-16-26-29(5-2)21-12-8-10-14-23(21)33-26/h7-14,16-17,20,28H,4-6,15H2,1-3H3/b25-17?,26-16-. The first-order valence-electron chi connectivity index (χ1n) is 11.7. The number of benzene rings is 2. The number of rotatable bonds is 6. The van der Waals surface area contributed by atoms with Gasteiger partial charge in [0.05, 0.1) is 10.7 Å². The zero-order valence-corrected chi connectivity index (χ0v) is 20.9. The van der Waals surface area contributed by atoms with Gasteiger partial charge >= 0.3 is 0 Å². The minimum absolute atomic E-state index is 0.156. The second-order valence-electron chi connectivity index (χ2n) is 8.20. The number of nitrogens with zero attached hydrogens (tertiary/aromatic N) is 2. The normalized spacial score (nSPS) is 20.3. The summed E-state index contributed by atoms with van der Waals surface area (Å²) in [5.74, 6) is 1.07. The molecule has 4 nitrogen and oxygen atoms in total. The Morgan fingerprint density at radius 2 is 1.76 bits per heavy atom. The number of thiophene rings is 1. The Kier molecular flexibility index (Phi) is 6.21. The molecule has 0 saturated carbocycles. The average Bonchev–Trinajstić information content (AvgIpc) is 3.47. The summed E-state index contributed by atoms with van der Waals surface area (Å²) in [5.41, 5.74) is 2.62. The van der Waals surface area contributed by atoms with E-state index in [2.05, 4.69) is 84.7 Å². The summed E-state index contributed by atoms with van der Waals surface area (Å²) in [5, 5.41) is 6.07. The van der Waals surface area contributed by atoms with Crippen LogP contribution in [0.25, 0.3) is 16.2 Å². The van der Waals surface area contributed by atoms with Crippen molar-refractivity contribution in [3.8, 4) is 0 Å². The van der Waals surface area contributed by atoms with Crippen LogP contribution in [0.5, 0.6) is 0 Å². The van der Waals surface area contributed by atoms with E-state index in [4.69, 9.17) is 0 Å². The molecule has 170 valence electrons. The fraction of sp³-hybridized carbons (Fsp3) is 0.296. The molecule has 2 aliphatic heterocycles. The van der Waals surface area contributed by atoms with E-state index in [-0.39, 0.29) is 11.9 Å². The fourth-order valence-corrected chi connectivity index (χ4v) is 7.11. The number of hydrogen-bond donors (Lipinski definition) is 1. The van der Waals surface area contributed by atoms with Gasteiger partial charge in [0.1, 0.15) is 11.9 Å². The van der Waals surface area contributed by atoms with Crippen LogP contribution in [0.4, 0.5) is 5.69 Å². The first-order valence-corrected chi connectivity index (χ1v) is 13.3. The number of aryl methyl sites for hydroxylation is 1. The molecule has 1 unspecified atom stereocenters. The number of amides is 1. The van der Waals surface area contributed by atoms with E-state index >= 15 is 0 Å². The van der Waals surface area contributed by atoms with Gasteiger partial charge in [0.15, 0.2) is 0 Å². The van der Waals surface area contributed by atoms with E-state index in [0.717, 1.165) is 18.8 Å². The molecule has 2 aromatic carbocycles. The Hall–Kier alpha value is -2.70. The summed E-state index contributed by atoms with van der Waals surface area (Å²) in [4.78, 5) is 20.0. The van der Waals surface area contributed by atoms with E-state index in [0.29, 0.717) is 13.0 Å². The molecule has 0 spiro atoms. The number of para-hydroxylation sites is 1. The van der Waals surface area contributed by atoms with Crippen LogP contribution in [0.2, 0.25) is 0 Å². The van der Waals surface area contributed by atoms with E-state index in [1.54, 1.807) is 23.1 Å². The van der Waals surface area contributed by atoms with Crippen molar-refractivity contribution in [1.82, 2.24) is 10.2 Å². The number of carbonyl (C=O) groups excluding carboxylic acids is 1. The maximum absolute atomic E-state index is 13.2. The lowest BCUT2D eigenvalue weighted by molar-refractivity contribution is -0.127. The third-order valence-corrected chi connectivity index (χ3v) is 8.65. The quantitative estimate of drug-likeness (QED) is 0.445. The van der Waals surface area contributed by atoms with Crippen molar-refractivity contribution < 1.29 is 4.79 Å². The molecule has 3 aromatic rings. The summed E-state index contributed by atoms with van der Waals surface area (Å²) in [6.07, 6.45) is 6.05. The van der Waals surface area contributed by atoms with Crippen molar-refractivity contribution in [2.75, 3.05) is 18.0 Å². The predicted octanol–water partition coefficient (Wildman–Crippen LogP) is 6.45. The van der Waals surface area contributed by atoms with Crippen LogP contribution in [0, 0.1) is 0 Å². The largest absolute Gasteiger partial charge is 0.359 e. The van der Waals surface area contributed by atoms with Gasteiger partial charge in [0.25, 0.3) is 5.91 Å². The minimum Gasteiger partial charge on any atom is -0.359 e. The number of thioether (sulfide) groups is 1. The Labute approximate surface area is 204 Å². The molecule has 1 fully saturated rings. The van der Waals surface area contributed by atoms with Gasteiger partial charge in [-0.1, -0.05) is 55.1 Å². The van der Waals surface area contributed by atoms with Crippen molar-refractivity contribution in [2.24, 2.45) is 0 Å². The van der Waals surface area contributed by atoms with Gasteiger partial charge in [-0.2, -0.15) is 0 Å². The number of likely N-dealkylation sites (N-methyl/N-ethyl adjacent to an activating group) is 1. The number of nitrogens with one attached hydrogen (secondary N) is 1. The second-order valence-corrected chi connectivity index (χ2v) is 10.3. The molecular weight excluding hydrogens is 446 g/mol. The van der Waals surface area contributed by atoms with Crippen molar-refractivity contribution in [3.05, 3.63) is 75.9 Å². The molecule has 1 N–H and O–H groups in total. The molecular formula is C27H29N3OS2. The predicted molar refractivity (Wildman–Crippen MR) is 142 cm³/mol.